The number of cyclic esters (lactones) is 4. The van der Waals surface area contributed by atoms with Crippen LogP contribution >= 0.6 is 0 Å². The first-order valence-corrected chi connectivity index (χ1v) is 23.3. The third-order valence-electron chi connectivity index (χ3n) is 22.1. The molecular weight excluding hydrogens is 753 g/mol. The average Bonchev–Trinajstić information content (AvgIpc) is 3.63. The van der Waals surface area contributed by atoms with E-state index in [0.29, 0.717) is 44.9 Å². The zero-order valence-electron chi connectivity index (χ0n) is 36.1. The number of carbonyl (C=O) groups excluding carboxylic acids is 4. The van der Waals surface area contributed by atoms with Crippen LogP contribution in [0.15, 0.2) is 0 Å². The van der Waals surface area contributed by atoms with Gasteiger partial charge >= 0.3 is 35.8 Å². The lowest BCUT2D eigenvalue weighted by Crippen LogP contribution is -2.95. The van der Waals surface area contributed by atoms with E-state index in [2.05, 4.69) is 41.5 Å². The quantitative estimate of drug-likeness (QED) is 0.206. The minimum absolute atomic E-state index is 0.0477. The number of carboxylic acids is 2. The van der Waals surface area contributed by atoms with Crippen molar-refractivity contribution in [3.8, 4) is 0 Å². The van der Waals surface area contributed by atoms with Crippen molar-refractivity contribution in [2.45, 2.75) is 138 Å². The second-order valence-electron chi connectivity index (χ2n) is 24.0. The fraction of sp³-hybridized carbons (Fsp3) is 0.875. The van der Waals surface area contributed by atoms with Gasteiger partial charge in [0.2, 0.25) is 0 Å². The highest BCUT2D eigenvalue weighted by molar-refractivity contribution is 5.99. The summed E-state index contributed by atoms with van der Waals surface area (Å²) in [4.78, 5) is 83.2. The predicted molar refractivity (Wildman–Crippen MR) is 208 cm³/mol. The van der Waals surface area contributed by atoms with Gasteiger partial charge in [-0.1, -0.05) is 54.4 Å². The molecule has 13 aliphatic rings. The van der Waals surface area contributed by atoms with E-state index in [4.69, 9.17) is 14.2 Å². The van der Waals surface area contributed by atoms with Crippen LogP contribution in [0.1, 0.15) is 126 Å². The van der Waals surface area contributed by atoms with Crippen molar-refractivity contribution in [3.05, 3.63) is 0 Å². The Morgan fingerprint density at radius 3 is 1.71 bits per heavy atom. The number of fused-ring (bicyclic) bond motifs is 3. The molecule has 0 aromatic rings. The SMILES string of the molecule is CC(C)C1C2CC3C4(C)CCCC(C)(C(=O)O)C4CCC3(C1OC13C4C5C(=O)OC(=O)C5C5(CCC6C(C)(C(=O)O)CCCC6(C)C51)C3C4C(C)C)C1C(=O)OC(=O)C21. The lowest BCUT2D eigenvalue weighted by Gasteiger charge is -2.91. The van der Waals surface area contributed by atoms with Gasteiger partial charge in [-0.05, 0) is 141 Å². The highest BCUT2D eigenvalue weighted by Gasteiger charge is 2.97. The maximum absolute atomic E-state index is 14.5. The largest absolute Gasteiger partial charge is 0.481 e. The van der Waals surface area contributed by atoms with Crippen molar-refractivity contribution >= 4 is 35.8 Å². The molecule has 6 bridgehead atoms. The van der Waals surface area contributed by atoms with Crippen molar-refractivity contribution in [2.75, 3.05) is 0 Å². The van der Waals surface area contributed by atoms with Gasteiger partial charge in [-0.25, -0.2) is 0 Å². The highest BCUT2D eigenvalue weighted by atomic mass is 16.6. The van der Waals surface area contributed by atoms with Crippen LogP contribution in [0.3, 0.4) is 0 Å². The first kappa shape index (κ1) is 39.1. The van der Waals surface area contributed by atoms with E-state index in [9.17, 15) is 39.0 Å². The molecule has 0 aromatic carbocycles. The summed E-state index contributed by atoms with van der Waals surface area (Å²) in [6.07, 6.45) is 7.00. The molecular formula is C48H64O11. The molecule has 322 valence electrons. The molecule has 0 amide bonds. The van der Waals surface area contributed by atoms with Gasteiger partial charge in [0.05, 0.1) is 46.2 Å². The number of carbonyl (C=O) groups is 6. The summed E-state index contributed by atoms with van der Waals surface area (Å²) in [6.45, 7) is 17.2. The molecule has 2 aliphatic heterocycles. The Bertz CT molecular complexity index is 2010. The van der Waals surface area contributed by atoms with E-state index in [1.807, 2.05) is 13.8 Å². The molecule has 21 unspecified atom stereocenters. The Hall–Kier alpha value is -2.82. The second kappa shape index (κ2) is 11.4. The van der Waals surface area contributed by atoms with E-state index in [1.165, 1.54) is 0 Å². The Morgan fingerprint density at radius 2 is 1.15 bits per heavy atom. The minimum Gasteiger partial charge on any atom is -0.481 e. The van der Waals surface area contributed by atoms with Crippen molar-refractivity contribution in [1.29, 1.82) is 0 Å². The van der Waals surface area contributed by atoms with Crippen molar-refractivity contribution < 1.29 is 53.2 Å². The Labute approximate surface area is 347 Å². The molecule has 13 rings (SSSR count). The van der Waals surface area contributed by atoms with Crippen LogP contribution in [0.5, 0.6) is 0 Å². The van der Waals surface area contributed by atoms with Crippen LogP contribution in [0, 0.1) is 121 Å². The van der Waals surface area contributed by atoms with Crippen LogP contribution < -0.4 is 0 Å². The van der Waals surface area contributed by atoms with Gasteiger partial charge in [0.1, 0.15) is 0 Å². The number of hydrogen-bond acceptors (Lipinski definition) is 9. The van der Waals surface area contributed by atoms with E-state index in [1.54, 1.807) is 0 Å². The zero-order chi connectivity index (χ0) is 42.1. The third-order valence-corrected chi connectivity index (χ3v) is 22.1. The van der Waals surface area contributed by atoms with E-state index < -0.39 is 104 Å². The molecule has 11 aliphatic carbocycles. The van der Waals surface area contributed by atoms with Gasteiger partial charge in [-0.2, -0.15) is 0 Å². The normalized spacial score (nSPS) is 58.3. The maximum atomic E-state index is 14.5. The van der Waals surface area contributed by atoms with Gasteiger partial charge in [0, 0.05) is 17.3 Å². The Balaban J connectivity index is 1.13. The topological polar surface area (TPSA) is 171 Å². The monoisotopic (exact) mass is 816 g/mol. The predicted octanol–water partition coefficient (Wildman–Crippen LogP) is 7.18. The summed E-state index contributed by atoms with van der Waals surface area (Å²) >= 11 is 0. The maximum Gasteiger partial charge on any atom is 0.318 e. The molecule has 11 saturated carbocycles. The zero-order valence-corrected chi connectivity index (χ0v) is 36.1. The van der Waals surface area contributed by atoms with Crippen molar-refractivity contribution in [1.82, 2.24) is 0 Å². The number of carboxylic acid groups (broad SMARTS) is 2. The first-order valence-electron chi connectivity index (χ1n) is 23.3. The number of aliphatic carboxylic acids is 2. The van der Waals surface area contributed by atoms with Crippen LogP contribution in [0.25, 0.3) is 0 Å². The third kappa shape index (κ3) is 3.89. The molecule has 2 saturated heterocycles. The average molecular weight is 817 g/mol. The summed E-state index contributed by atoms with van der Waals surface area (Å²) in [5.41, 5.74) is -5.06. The fourth-order valence-corrected chi connectivity index (χ4v) is 21.0. The smallest absolute Gasteiger partial charge is 0.318 e. The van der Waals surface area contributed by atoms with E-state index in [-0.39, 0.29) is 65.1 Å². The number of esters is 4. The van der Waals surface area contributed by atoms with Crippen molar-refractivity contribution in [2.24, 2.45) is 121 Å². The van der Waals surface area contributed by atoms with Gasteiger partial charge in [-0.15, -0.1) is 0 Å². The number of ether oxygens (including phenoxy) is 3. The number of hydrogen-bond donors (Lipinski definition) is 2. The standard InChI is InChI=1S/C48H64O11/c1-20(2)26-22-19-25-42(5)13-9-15-44(7,40(53)54)23(42)11-17-46(25,31-28(22)35(49)57-37(31)51)34(26)59-48-30-27(21(3)4)33(48)47(32-29(30)36(50)58-38(32)52)18-12-24-43(6,39(47)48)14-10-16-45(24,8)41(55)56/h20-34,39H,9-19H2,1-8H3,(H,53,54)(H,55,56). The molecule has 11 nitrogen and oxygen atoms in total. The van der Waals surface area contributed by atoms with Gasteiger partial charge in [-0.3, -0.25) is 28.8 Å². The molecule has 2 spiro atoms. The van der Waals surface area contributed by atoms with Crippen LogP contribution in [0.4, 0.5) is 0 Å². The molecule has 0 radical (unpaired) electrons. The summed E-state index contributed by atoms with van der Waals surface area (Å²) in [7, 11) is 0. The van der Waals surface area contributed by atoms with Crippen LogP contribution in [-0.4, -0.2) is 57.7 Å². The molecule has 2 heterocycles. The van der Waals surface area contributed by atoms with Gasteiger partial charge in [0.15, 0.2) is 0 Å². The summed E-state index contributed by atoms with van der Waals surface area (Å²) in [6, 6.07) is 0. The summed E-state index contributed by atoms with van der Waals surface area (Å²) in [5.74, 6) is -6.76. The summed E-state index contributed by atoms with van der Waals surface area (Å²) < 4.78 is 19.8. The van der Waals surface area contributed by atoms with Gasteiger partial charge < -0.3 is 24.4 Å². The van der Waals surface area contributed by atoms with E-state index in [0.717, 1.165) is 25.7 Å². The number of rotatable bonds is 6. The second-order valence-corrected chi connectivity index (χ2v) is 24.0. The molecule has 59 heavy (non-hydrogen) atoms. The lowest BCUT2D eigenvalue weighted by atomic mass is 9.14. The van der Waals surface area contributed by atoms with Crippen LogP contribution in [-0.2, 0) is 43.0 Å². The molecule has 0 aromatic heterocycles. The van der Waals surface area contributed by atoms with Crippen molar-refractivity contribution in [3.63, 3.8) is 0 Å². The lowest BCUT2D eigenvalue weighted by molar-refractivity contribution is -0.501. The Kier molecular flexibility index (Phi) is 7.55. The fourth-order valence-electron chi connectivity index (χ4n) is 21.0. The molecule has 11 heteroatoms. The highest BCUT2D eigenvalue weighted by Crippen LogP contribution is 2.93. The molecule has 2 N–H and O–H groups in total. The molecule has 21 atom stereocenters. The minimum atomic E-state index is -0.952. The van der Waals surface area contributed by atoms with Crippen LogP contribution in [0.2, 0.25) is 0 Å². The Morgan fingerprint density at radius 1 is 0.644 bits per heavy atom. The van der Waals surface area contributed by atoms with E-state index >= 15 is 0 Å². The first-order chi connectivity index (χ1) is 27.7. The van der Waals surface area contributed by atoms with Gasteiger partial charge in [0.25, 0.3) is 0 Å². The summed E-state index contributed by atoms with van der Waals surface area (Å²) in [5, 5.41) is 21.7. The molecule has 13 fully saturated rings.